The van der Waals surface area contributed by atoms with Gasteiger partial charge in [0.15, 0.2) is 11.5 Å². The van der Waals surface area contributed by atoms with E-state index in [9.17, 15) is 4.79 Å². The molecule has 25 heavy (non-hydrogen) atoms. The predicted molar refractivity (Wildman–Crippen MR) is 96.4 cm³/mol. The highest BCUT2D eigenvalue weighted by molar-refractivity contribution is 6.31. The van der Waals surface area contributed by atoms with Crippen LogP contribution in [0.5, 0.6) is 11.5 Å². The van der Waals surface area contributed by atoms with E-state index < -0.39 is 6.10 Å². The zero-order valence-corrected chi connectivity index (χ0v) is 14.2. The molecule has 5 nitrogen and oxygen atoms in total. The largest absolute Gasteiger partial charge is 0.485 e. The van der Waals surface area contributed by atoms with Crippen LogP contribution in [0.3, 0.4) is 0 Å². The molecule has 2 heterocycles. The number of amides is 1. The highest BCUT2D eigenvalue weighted by Gasteiger charge is 2.26. The topological polar surface area (TPSA) is 63.4 Å². The van der Waals surface area contributed by atoms with Crippen LogP contribution >= 0.6 is 11.6 Å². The van der Waals surface area contributed by atoms with Crippen LogP contribution in [0.2, 0.25) is 5.02 Å². The lowest BCUT2D eigenvalue weighted by Crippen LogP contribution is -2.44. The second kappa shape index (κ2) is 6.69. The van der Waals surface area contributed by atoms with Crippen molar-refractivity contribution >= 4 is 28.4 Å². The molecule has 1 atom stereocenters. The molecule has 6 heteroatoms. The van der Waals surface area contributed by atoms with E-state index in [4.69, 9.17) is 21.1 Å². The van der Waals surface area contributed by atoms with Gasteiger partial charge >= 0.3 is 0 Å². The second-order valence-electron chi connectivity index (χ2n) is 5.91. The van der Waals surface area contributed by atoms with Gasteiger partial charge in [-0.3, -0.25) is 4.79 Å². The molecule has 1 amide bonds. The first-order chi connectivity index (χ1) is 12.2. The number of fused-ring (bicyclic) bond motifs is 2. The van der Waals surface area contributed by atoms with Gasteiger partial charge in [-0.15, -0.1) is 0 Å². The first-order valence-electron chi connectivity index (χ1n) is 8.12. The van der Waals surface area contributed by atoms with Gasteiger partial charge in [-0.25, -0.2) is 0 Å². The van der Waals surface area contributed by atoms with E-state index in [1.54, 1.807) is 6.07 Å². The Bertz CT molecular complexity index is 922. The number of para-hydroxylation sites is 2. The summed E-state index contributed by atoms with van der Waals surface area (Å²) in [6, 6.07) is 13.1. The Hall–Kier alpha value is -2.66. The molecule has 2 N–H and O–H groups in total. The van der Waals surface area contributed by atoms with Crippen LogP contribution in [-0.4, -0.2) is 30.1 Å². The smallest absolute Gasteiger partial charge is 0.264 e. The number of hydrogen-bond acceptors (Lipinski definition) is 3. The number of carbonyl (C=O) groups excluding carboxylic acids is 1. The van der Waals surface area contributed by atoms with Crippen LogP contribution < -0.4 is 14.8 Å². The highest BCUT2D eigenvalue weighted by Crippen LogP contribution is 2.30. The summed E-state index contributed by atoms with van der Waals surface area (Å²) in [6.07, 6.45) is 2.02. The van der Waals surface area contributed by atoms with Crippen molar-refractivity contribution in [3.8, 4) is 11.5 Å². The maximum atomic E-state index is 12.3. The van der Waals surface area contributed by atoms with Crippen molar-refractivity contribution in [2.45, 2.75) is 12.5 Å². The van der Waals surface area contributed by atoms with E-state index in [2.05, 4.69) is 10.3 Å². The molecule has 0 radical (unpaired) electrons. The molecule has 1 aliphatic rings. The minimum Gasteiger partial charge on any atom is -0.485 e. The lowest BCUT2D eigenvalue weighted by molar-refractivity contribution is -0.130. The third-order valence-electron chi connectivity index (χ3n) is 4.22. The van der Waals surface area contributed by atoms with Gasteiger partial charge in [-0.2, -0.15) is 0 Å². The Labute approximate surface area is 149 Å². The summed E-state index contributed by atoms with van der Waals surface area (Å²) in [5.41, 5.74) is 2.15. The third kappa shape index (κ3) is 3.28. The fraction of sp³-hybridized carbons (Fsp3) is 0.211. The Morgan fingerprint density at radius 3 is 2.96 bits per heavy atom. The van der Waals surface area contributed by atoms with Gasteiger partial charge in [0.1, 0.15) is 6.61 Å². The number of H-pyrrole nitrogens is 1. The normalized spacial score (nSPS) is 16.0. The molecule has 1 aliphatic heterocycles. The number of carbonyl (C=O) groups is 1. The summed E-state index contributed by atoms with van der Waals surface area (Å²) in [4.78, 5) is 15.5. The molecular weight excluding hydrogens is 340 g/mol. The van der Waals surface area contributed by atoms with E-state index in [1.807, 2.05) is 42.6 Å². The molecule has 0 saturated heterocycles. The fourth-order valence-corrected chi connectivity index (χ4v) is 3.11. The molecule has 2 aromatic carbocycles. The lowest BCUT2D eigenvalue weighted by atomic mass is 10.1. The van der Waals surface area contributed by atoms with E-state index in [-0.39, 0.29) is 12.5 Å². The van der Waals surface area contributed by atoms with Gasteiger partial charge in [0.05, 0.1) is 0 Å². The maximum absolute atomic E-state index is 12.3. The molecule has 128 valence electrons. The van der Waals surface area contributed by atoms with Crippen molar-refractivity contribution in [2.75, 3.05) is 13.2 Å². The first-order valence-corrected chi connectivity index (χ1v) is 8.50. The Morgan fingerprint density at radius 2 is 2.08 bits per heavy atom. The number of rotatable bonds is 4. The number of nitrogens with one attached hydrogen (secondary N) is 2. The van der Waals surface area contributed by atoms with Crippen LogP contribution in [0.25, 0.3) is 10.9 Å². The van der Waals surface area contributed by atoms with E-state index in [1.165, 1.54) is 0 Å². The van der Waals surface area contributed by atoms with Crippen LogP contribution in [0.4, 0.5) is 0 Å². The Kier molecular flexibility index (Phi) is 4.24. The summed E-state index contributed by atoms with van der Waals surface area (Å²) >= 11 is 6.06. The zero-order valence-electron chi connectivity index (χ0n) is 13.4. The first kappa shape index (κ1) is 15.8. The minimum absolute atomic E-state index is 0.174. The van der Waals surface area contributed by atoms with Crippen molar-refractivity contribution in [1.82, 2.24) is 10.3 Å². The van der Waals surface area contributed by atoms with E-state index in [0.717, 1.165) is 16.5 Å². The standard InChI is InChI=1S/C19H17ClN2O3/c20-13-5-6-15-14(9-13)12(10-22-15)7-8-21-19(23)18-11-24-16-3-1-2-4-17(16)25-18/h1-6,9-10,18,22H,7-8,11H2,(H,21,23). The van der Waals surface area contributed by atoms with E-state index in [0.29, 0.717) is 29.5 Å². The molecule has 3 aromatic rings. The number of ether oxygens (including phenoxy) is 2. The number of aromatic nitrogens is 1. The predicted octanol–water partition coefficient (Wildman–Crippen LogP) is 3.32. The maximum Gasteiger partial charge on any atom is 0.264 e. The van der Waals surface area contributed by atoms with Crippen LogP contribution in [0.15, 0.2) is 48.7 Å². The van der Waals surface area contributed by atoms with Gasteiger partial charge in [0, 0.05) is 28.7 Å². The molecule has 1 unspecified atom stereocenters. The molecule has 0 aliphatic carbocycles. The summed E-state index contributed by atoms with van der Waals surface area (Å²) in [6.45, 7) is 0.728. The summed E-state index contributed by atoms with van der Waals surface area (Å²) in [7, 11) is 0. The van der Waals surface area contributed by atoms with Gasteiger partial charge in [0.25, 0.3) is 5.91 Å². The average molecular weight is 357 g/mol. The summed E-state index contributed by atoms with van der Waals surface area (Å²) in [5.74, 6) is 1.09. The SMILES string of the molecule is O=C(NCCc1c[nH]c2ccc(Cl)cc12)C1COc2ccccc2O1. The average Bonchev–Trinajstić information content (AvgIpc) is 3.03. The highest BCUT2D eigenvalue weighted by atomic mass is 35.5. The molecular formula is C19H17ClN2O3. The van der Waals surface area contributed by atoms with Crippen LogP contribution in [0.1, 0.15) is 5.56 Å². The van der Waals surface area contributed by atoms with E-state index >= 15 is 0 Å². The zero-order chi connectivity index (χ0) is 17.2. The third-order valence-corrected chi connectivity index (χ3v) is 4.46. The lowest BCUT2D eigenvalue weighted by Gasteiger charge is -2.25. The fourth-order valence-electron chi connectivity index (χ4n) is 2.94. The molecule has 4 rings (SSSR count). The van der Waals surface area contributed by atoms with Crippen molar-refractivity contribution in [1.29, 1.82) is 0 Å². The molecule has 1 aromatic heterocycles. The number of aromatic amines is 1. The van der Waals surface area contributed by atoms with Crippen LogP contribution in [0, 0.1) is 0 Å². The Morgan fingerprint density at radius 1 is 1.24 bits per heavy atom. The number of halogens is 1. The van der Waals surface area contributed by atoms with Crippen molar-refractivity contribution in [2.24, 2.45) is 0 Å². The minimum atomic E-state index is -0.632. The monoisotopic (exact) mass is 356 g/mol. The quantitative estimate of drug-likeness (QED) is 0.753. The van der Waals surface area contributed by atoms with Crippen molar-refractivity contribution < 1.29 is 14.3 Å². The van der Waals surface area contributed by atoms with Gasteiger partial charge in [-0.05, 0) is 42.3 Å². The molecule has 0 bridgehead atoms. The van der Waals surface area contributed by atoms with Crippen LogP contribution in [-0.2, 0) is 11.2 Å². The number of benzene rings is 2. The number of hydrogen-bond donors (Lipinski definition) is 2. The van der Waals surface area contributed by atoms with Crippen molar-refractivity contribution in [3.63, 3.8) is 0 Å². The molecule has 0 saturated carbocycles. The van der Waals surface area contributed by atoms with Crippen molar-refractivity contribution in [3.05, 3.63) is 59.2 Å². The molecule has 0 spiro atoms. The second-order valence-corrected chi connectivity index (χ2v) is 6.35. The van der Waals surface area contributed by atoms with Gasteiger partial charge < -0.3 is 19.8 Å². The Balaban J connectivity index is 1.35. The van der Waals surface area contributed by atoms with Gasteiger partial charge in [0.2, 0.25) is 6.10 Å². The van der Waals surface area contributed by atoms with Gasteiger partial charge in [-0.1, -0.05) is 23.7 Å². The molecule has 0 fully saturated rings. The summed E-state index contributed by atoms with van der Waals surface area (Å²) in [5, 5.41) is 4.68. The summed E-state index contributed by atoms with van der Waals surface area (Å²) < 4.78 is 11.3.